The standard InChI is InChI=1S/C12H25NO3/c1-4-16-12(15)8-11(14)9-13-7-5-6-10(2)3/h10-11,13-14H,4-9H2,1-3H3. The summed E-state index contributed by atoms with van der Waals surface area (Å²) in [6.45, 7) is 7.85. The monoisotopic (exact) mass is 231 g/mol. The molecule has 0 saturated heterocycles. The maximum atomic E-state index is 11.0. The summed E-state index contributed by atoms with van der Waals surface area (Å²) in [5.41, 5.74) is 0. The fourth-order valence-corrected chi connectivity index (χ4v) is 1.39. The summed E-state index contributed by atoms with van der Waals surface area (Å²) < 4.78 is 4.74. The van der Waals surface area contributed by atoms with Gasteiger partial charge in [0, 0.05) is 6.54 Å². The van der Waals surface area contributed by atoms with Crippen LogP contribution in [0.1, 0.15) is 40.0 Å². The molecule has 0 spiro atoms. The van der Waals surface area contributed by atoms with E-state index in [9.17, 15) is 9.90 Å². The van der Waals surface area contributed by atoms with Crippen molar-refractivity contribution in [2.24, 2.45) is 5.92 Å². The number of carbonyl (C=O) groups is 1. The molecule has 0 aromatic carbocycles. The summed E-state index contributed by atoms with van der Waals surface area (Å²) in [6, 6.07) is 0. The van der Waals surface area contributed by atoms with Crippen LogP contribution in [0.3, 0.4) is 0 Å². The first-order valence-corrected chi connectivity index (χ1v) is 6.10. The van der Waals surface area contributed by atoms with Gasteiger partial charge in [0.15, 0.2) is 0 Å². The van der Waals surface area contributed by atoms with Gasteiger partial charge in [-0.1, -0.05) is 13.8 Å². The number of aliphatic hydroxyl groups excluding tert-OH is 1. The van der Waals surface area contributed by atoms with E-state index in [1.165, 1.54) is 6.42 Å². The van der Waals surface area contributed by atoms with Crippen LogP contribution in [0.15, 0.2) is 0 Å². The highest BCUT2D eigenvalue weighted by molar-refractivity contribution is 5.69. The Kier molecular flexibility index (Phi) is 9.24. The lowest BCUT2D eigenvalue weighted by Crippen LogP contribution is -2.30. The van der Waals surface area contributed by atoms with Gasteiger partial charge in [-0.05, 0) is 32.2 Å². The van der Waals surface area contributed by atoms with Crippen molar-refractivity contribution in [2.45, 2.75) is 46.1 Å². The molecule has 0 aliphatic rings. The number of ether oxygens (including phenoxy) is 1. The lowest BCUT2D eigenvalue weighted by molar-refractivity contribution is -0.145. The Balaban J connectivity index is 3.36. The fraction of sp³-hybridized carbons (Fsp3) is 0.917. The van der Waals surface area contributed by atoms with E-state index < -0.39 is 6.10 Å². The minimum absolute atomic E-state index is 0.0744. The van der Waals surface area contributed by atoms with Gasteiger partial charge in [-0.3, -0.25) is 4.79 Å². The molecule has 4 nitrogen and oxygen atoms in total. The first-order chi connectivity index (χ1) is 7.56. The van der Waals surface area contributed by atoms with Crippen molar-refractivity contribution in [1.82, 2.24) is 5.32 Å². The largest absolute Gasteiger partial charge is 0.466 e. The molecule has 1 atom stereocenters. The van der Waals surface area contributed by atoms with Gasteiger partial charge in [0.25, 0.3) is 0 Å². The maximum Gasteiger partial charge on any atom is 0.308 e. The number of esters is 1. The predicted octanol–water partition coefficient (Wildman–Crippen LogP) is 1.33. The molecule has 0 amide bonds. The molecule has 0 rings (SSSR count). The third-order valence-corrected chi connectivity index (χ3v) is 2.22. The van der Waals surface area contributed by atoms with E-state index in [2.05, 4.69) is 19.2 Å². The Labute approximate surface area is 98.4 Å². The molecule has 96 valence electrons. The summed E-state index contributed by atoms with van der Waals surface area (Å²) in [5, 5.41) is 12.6. The average molecular weight is 231 g/mol. The van der Waals surface area contributed by atoms with Crippen LogP contribution in [0.2, 0.25) is 0 Å². The van der Waals surface area contributed by atoms with Crippen molar-refractivity contribution in [3.63, 3.8) is 0 Å². The zero-order valence-corrected chi connectivity index (χ0v) is 10.7. The van der Waals surface area contributed by atoms with E-state index in [-0.39, 0.29) is 12.4 Å². The molecule has 0 bridgehead atoms. The van der Waals surface area contributed by atoms with Crippen molar-refractivity contribution >= 4 is 5.97 Å². The first kappa shape index (κ1) is 15.4. The number of aliphatic hydroxyl groups is 1. The van der Waals surface area contributed by atoms with E-state index in [0.717, 1.165) is 13.0 Å². The van der Waals surface area contributed by atoms with Crippen molar-refractivity contribution in [1.29, 1.82) is 0 Å². The SMILES string of the molecule is CCOC(=O)CC(O)CNCCCC(C)C. The molecule has 1 unspecified atom stereocenters. The summed E-state index contributed by atoms with van der Waals surface area (Å²) in [4.78, 5) is 11.0. The molecule has 0 aliphatic carbocycles. The Morgan fingerprint density at radius 3 is 2.69 bits per heavy atom. The Morgan fingerprint density at radius 2 is 2.12 bits per heavy atom. The van der Waals surface area contributed by atoms with Gasteiger partial charge in [0.2, 0.25) is 0 Å². The van der Waals surface area contributed by atoms with E-state index in [1.807, 2.05) is 0 Å². The third-order valence-electron chi connectivity index (χ3n) is 2.22. The fourth-order valence-electron chi connectivity index (χ4n) is 1.39. The van der Waals surface area contributed by atoms with Crippen molar-refractivity contribution in [3.8, 4) is 0 Å². The van der Waals surface area contributed by atoms with E-state index >= 15 is 0 Å². The molecular formula is C12H25NO3. The van der Waals surface area contributed by atoms with Crippen molar-refractivity contribution in [3.05, 3.63) is 0 Å². The van der Waals surface area contributed by atoms with Gasteiger partial charge in [-0.15, -0.1) is 0 Å². The molecule has 2 N–H and O–H groups in total. The molecule has 0 saturated carbocycles. The molecule has 16 heavy (non-hydrogen) atoms. The normalized spacial score (nSPS) is 12.8. The zero-order chi connectivity index (χ0) is 12.4. The third kappa shape index (κ3) is 9.93. The lowest BCUT2D eigenvalue weighted by Gasteiger charge is -2.11. The molecule has 0 fully saturated rings. The van der Waals surface area contributed by atoms with Crippen LogP contribution >= 0.6 is 0 Å². The average Bonchev–Trinajstić information content (AvgIpc) is 2.16. The van der Waals surface area contributed by atoms with E-state index in [4.69, 9.17) is 4.74 Å². The Bertz CT molecular complexity index is 183. The second kappa shape index (κ2) is 9.60. The molecule has 4 heteroatoms. The summed E-state index contributed by atoms with van der Waals surface area (Å²) in [5.74, 6) is 0.380. The lowest BCUT2D eigenvalue weighted by atomic mass is 10.1. The molecule has 0 aromatic heterocycles. The smallest absolute Gasteiger partial charge is 0.308 e. The molecule has 0 aliphatic heterocycles. The van der Waals surface area contributed by atoms with Gasteiger partial charge in [-0.25, -0.2) is 0 Å². The van der Waals surface area contributed by atoms with Gasteiger partial charge < -0.3 is 15.2 Å². The van der Waals surface area contributed by atoms with Crippen molar-refractivity contribution in [2.75, 3.05) is 19.7 Å². The zero-order valence-electron chi connectivity index (χ0n) is 10.7. The van der Waals surface area contributed by atoms with Crippen LogP contribution in [0.4, 0.5) is 0 Å². The second-order valence-corrected chi connectivity index (χ2v) is 4.40. The summed E-state index contributed by atoms with van der Waals surface area (Å²) >= 11 is 0. The number of nitrogens with one attached hydrogen (secondary N) is 1. The van der Waals surface area contributed by atoms with Crippen LogP contribution in [0.5, 0.6) is 0 Å². The minimum Gasteiger partial charge on any atom is -0.466 e. The van der Waals surface area contributed by atoms with Crippen LogP contribution in [-0.2, 0) is 9.53 Å². The Morgan fingerprint density at radius 1 is 1.44 bits per heavy atom. The maximum absolute atomic E-state index is 11.0. The van der Waals surface area contributed by atoms with Crippen LogP contribution in [-0.4, -0.2) is 36.9 Å². The highest BCUT2D eigenvalue weighted by Crippen LogP contribution is 2.01. The quantitative estimate of drug-likeness (QED) is 0.464. The van der Waals surface area contributed by atoms with Crippen LogP contribution < -0.4 is 5.32 Å². The molecule has 0 heterocycles. The van der Waals surface area contributed by atoms with Gasteiger partial charge in [0.1, 0.15) is 0 Å². The second-order valence-electron chi connectivity index (χ2n) is 4.40. The molecular weight excluding hydrogens is 206 g/mol. The number of rotatable bonds is 9. The number of hydrogen-bond donors (Lipinski definition) is 2. The van der Waals surface area contributed by atoms with Crippen LogP contribution in [0, 0.1) is 5.92 Å². The summed E-state index contributed by atoms with van der Waals surface area (Å²) in [6.07, 6.45) is 1.72. The first-order valence-electron chi connectivity index (χ1n) is 6.10. The van der Waals surface area contributed by atoms with Gasteiger partial charge in [-0.2, -0.15) is 0 Å². The van der Waals surface area contributed by atoms with E-state index in [0.29, 0.717) is 19.1 Å². The molecule has 0 aromatic rings. The topological polar surface area (TPSA) is 58.6 Å². The minimum atomic E-state index is -0.641. The van der Waals surface area contributed by atoms with Gasteiger partial charge in [0.05, 0.1) is 19.1 Å². The highest BCUT2D eigenvalue weighted by atomic mass is 16.5. The number of carbonyl (C=O) groups excluding carboxylic acids is 1. The highest BCUT2D eigenvalue weighted by Gasteiger charge is 2.10. The predicted molar refractivity (Wildman–Crippen MR) is 64.2 cm³/mol. The van der Waals surface area contributed by atoms with Gasteiger partial charge >= 0.3 is 5.97 Å². The summed E-state index contributed by atoms with van der Waals surface area (Å²) in [7, 11) is 0. The van der Waals surface area contributed by atoms with Crippen molar-refractivity contribution < 1.29 is 14.6 Å². The molecule has 0 radical (unpaired) electrons. The Hall–Kier alpha value is -0.610. The van der Waals surface area contributed by atoms with Crippen LogP contribution in [0.25, 0.3) is 0 Å². The number of hydrogen-bond acceptors (Lipinski definition) is 4. The van der Waals surface area contributed by atoms with E-state index in [1.54, 1.807) is 6.92 Å².